The van der Waals surface area contributed by atoms with E-state index in [4.69, 9.17) is 19.0 Å². The molecular weight excluding hydrogens is 350 g/mol. The standard InChI is InChI=1S/C20H21NO6/c1-24-16-10-9-14(11-17(16)25-2)15-12-20(27-21-15,19(23)26-3)18(22)13-7-5-4-6-8-13/h4-11,18,22H,12H2,1-3H3/t18-,20+/m1/s1. The van der Waals surface area contributed by atoms with Gasteiger partial charge in [0.15, 0.2) is 11.5 Å². The van der Waals surface area contributed by atoms with E-state index in [1.807, 2.05) is 6.07 Å². The maximum Gasteiger partial charge on any atom is 0.356 e. The average Bonchev–Trinajstić information content (AvgIpc) is 3.19. The fourth-order valence-electron chi connectivity index (χ4n) is 3.07. The number of nitrogens with zero attached hydrogens (tertiary/aromatic N) is 1. The zero-order chi connectivity index (χ0) is 19.4. The second-order valence-corrected chi connectivity index (χ2v) is 6.07. The molecule has 27 heavy (non-hydrogen) atoms. The maximum atomic E-state index is 12.5. The fourth-order valence-corrected chi connectivity index (χ4v) is 3.07. The number of benzene rings is 2. The van der Waals surface area contributed by atoms with Crippen LogP contribution >= 0.6 is 0 Å². The Morgan fingerprint density at radius 3 is 2.44 bits per heavy atom. The van der Waals surface area contributed by atoms with Crippen LogP contribution in [0, 0.1) is 0 Å². The lowest BCUT2D eigenvalue weighted by Gasteiger charge is -2.29. The molecule has 3 rings (SSSR count). The van der Waals surface area contributed by atoms with Crippen LogP contribution in [0.4, 0.5) is 0 Å². The van der Waals surface area contributed by atoms with Gasteiger partial charge in [0.25, 0.3) is 5.60 Å². The van der Waals surface area contributed by atoms with E-state index < -0.39 is 17.7 Å². The van der Waals surface area contributed by atoms with Gasteiger partial charge >= 0.3 is 5.97 Å². The first-order valence-corrected chi connectivity index (χ1v) is 8.34. The number of hydrogen-bond donors (Lipinski definition) is 1. The van der Waals surface area contributed by atoms with Crippen molar-refractivity contribution in [1.82, 2.24) is 0 Å². The van der Waals surface area contributed by atoms with Crippen molar-refractivity contribution in [3.05, 3.63) is 59.7 Å². The lowest BCUT2D eigenvalue weighted by atomic mass is 9.85. The van der Waals surface area contributed by atoms with Crippen molar-refractivity contribution in [3.8, 4) is 11.5 Å². The summed E-state index contributed by atoms with van der Waals surface area (Å²) in [6.07, 6.45) is -1.20. The van der Waals surface area contributed by atoms with Gasteiger partial charge in [0.1, 0.15) is 6.10 Å². The zero-order valence-corrected chi connectivity index (χ0v) is 15.3. The van der Waals surface area contributed by atoms with Crippen molar-refractivity contribution in [2.45, 2.75) is 18.1 Å². The number of oxime groups is 1. The number of rotatable bonds is 6. The van der Waals surface area contributed by atoms with Crippen molar-refractivity contribution in [2.75, 3.05) is 21.3 Å². The number of aliphatic hydroxyl groups is 1. The number of ether oxygens (including phenoxy) is 3. The third-order valence-corrected chi connectivity index (χ3v) is 4.55. The largest absolute Gasteiger partial charge is 0.493 e. The van der Waals surface area contributed by atoms with Crippen molar-refractivity contribution < 1.29 is 28.9 Å². The minimum atomic E-state index is -1.65. The predicted molar refractivity (Wildman–Crippen MR) is 97.9 cm³/mol. The number of methoxy groups -OCH3 is 3. The number of carbonyl (C=O) groups excluding carboxylic acids is 1. The summed E-state index contributed by atoms with van der Waals surface area (Å²) in [5.41, 5.74) is 0.0696. The topological polar surface area (TPSA) is 86.6 Å². The van der Waals surface area contributed by atoms with Crippen LogP contribution in [0.1, 0.15) is 23.7 Å². The Morgan fingerprint density at radius 2 is 1.81 bits per heavy atom. The Balaban J connectivity index is 1.94. The van der Waals surface area contributed by atoms with E-state index in [2.05, 4.69) is 5.16 Å². The van der Waals surface area contributed by atoms with Gasteiger partial charge in [0, 0.05) is 5.56 Å². The van der Waals surface area contributed by atoms with Crippen molar-refractivity contribution in [2.24, 2.45) is 5.16 Å². The summed E-state index contributed by atoms with van der Waals surface area (Å²) in [7, 11) is 4.33. The molecule has 0 saturated heterocycles. The lowest BCUT2D eigenvalue weighted by molar-refractivity contribution is -0.182. The SMILES string of the molecule is COC(=O)[C@@]1([C@H](O)c2ccccc2)CC(c2ccc(OC)c(OC)c2)=NO1. The molecule has 2 aromatic rings. The van der Waals surface area contributed by atoms with Crippen molar-refractivity contribution >= 4 is 11.7 Å². The third kappa shape index (κ3) is 3.33. The van der Waals surface area contributed by atoms with Gasteiger partial charge in [-0.1, -0.05) is 35.5 Å². The minimum absolute atomic E-state index is 0.0468. The van der Waals surface area contributed by atoms with E-state index >= 15 is 0 Å². The Bertz CT molecular complexity index is 851. The average molecular weight is 371 g/mol. The lowest BCUT2D eigenvalue weighted by Crippen LogP contribution is -2.45. The molecule has 0 aromatic heterocycles. The molecule has 1 heterocycles. The van der Waals surface area contributed by atoms with Crippen LogP contribution in [0.25, 0.3) is 0 Å². The summed E-state index contributed by atoms with van der Waals surface area (Å²) in [4.78, 5) is 18.0. The highest BCUT2D eigenvalue weighted by Crippen LogP contribution is 2.40. The second-order valence-electron chi connectivity index (χ2n) is 6.07. The first-order valence-electron chi connectivity index (χ1n) is 8.34. The van der Waals surface area contributed by atoms with Crippen molar-refractivity contribution in [1.29, 1.82) is 0 Å². The molecule has 0 fully saturated rings. The molecule has 0 saturated carbocycles. The van der Waals surface area contributed by atoms with Gasteiger partial charge in [0.2, 0.25) is 0 Å². The number of esters is 1. The molecule has 0 spiro atoms. The fraction of sp³-hybridized carbons (Fsp3) is 0.300. The van der Waals surface area contributed by atoms with E-state index in [1.54, 1.807) is 49.6 Å². The Kier molecular flexibility index (Phi) is 5.32. The van der Waals surface area contributed by atoms with Crippen molar-refractivity contribution in [3.63, 3.8) is 0 Å². The summed E-state index contributed by atoms with van der Waals surface area (Å²) in [6.45, 7) is 0. The van der Waals surface area contributed by atoms with Crippen LogP contribution in [0.3, 0.4) is 0 Å². The monoisotopic (exact) mass is 371 g/mol. The molecule has 2 atom stereocenters. The summed E-state index contributed by atoms with van der Waals surface area (Å²) in [6, 6.07) is 14.1. The van der Waals surface area contributed by atoms with Crippen LogP contribution in [-0.4, -0.2) is 43.7 Å². The van der Waals surface area contributed by atoms with E-state index in [9.17, 15) is 9.90 Å². The molecule has 7 nitrogen and oxygen atoms in total. The molecule has 0 amide bonds. The summed E-state index contributed by atoms with van der Waals surface area (Å²) < 4.78 is 15.5. The van der Waals surface area contributed by atoms with Crippen LogP contribution in [0.15, 0.2) is 53.7 Å². The van der Waals surface area contributed by atoms with Crippen LogP contribution in [0.2, 0.25) is 0 Å². The molecule has 0 bridgehead atoms. The van der Waals surface area contributed by atoms with E-state index in [-0.39, 0.29) is 6.42 Å². The van der Waals surface area contributed by atoms with E-state index in [0.717, 1.165) is 0 Å². The van der Waals surface area contributed by atoms with Gasteiger partial charge < -0.3 is 24.2 Å². The van der Waals surface area contributed by atoms with Gasteiger partial charge in [0.05, 0.1) is 33.5 Å². The molecule has 0 radical (unpaired) electrons. The second kappa shape index (κ2) is 7.67. The third-order valence-electron chi connectivity index (χ3n) is 4.55. The molecule has 1 aliphatic heterocycles. The molecule has 142 valence electrons. The molecule has 2 aromatic carbocycles. The Hall–Kier alpha value is -3.06. The van der Waals surface area contributed by atoms with E-state index in [1.165, 1.54) is 14.2 Å². The molecule has 1 N–H and O–H groups in total. The number of hydrogen-bond acceptors (Lipinski definition) is 7. The normalized spacial score (nSPS) is 19.6. The molecule has 7 heteroatoms. The van der Waals surface area contributed by atoms with Crippen LogP contribution < -0.4 is 9.47 Å². The van der Waals surface area contributed by atoms with Gasteiger partial charge in [-0.25, -0.2) is 4.79 Å². The highest BCUT2D eigenvalue weighted by atomic mass is 16.7. The highest BCUT2D eigenvalue weighted by Gasteiger charge is 2.54. The zero-order valence-electron chi connectivity index (χ0n) is 15.3. The predicted octanol–water partition coefficient (Wildman–Crippen LogP) is 2.47. The smallest absolute Gasteiger partial charge is 0.356 e. The van der Waals surface area contributed by atoms with Gasteiger partial charge in [-0.15, -0.1) is 0 Å². The first-order chi connectivity index (χ1) is 13.1. The van der Waals surface area contributed by atoms with Crippen LogP contribution in [0.5, 0.6) is 11.5 Å². The Labute approximate surface area is 157 Å². The van der Waals surface area contributed by atoms with E-state index in [0.29, 0.717) is 28.3 Å². The quantitative estimate of drug-likeness (QED) is 0.785. The van der Waals surface area contributed by atoms with Gasteiger partial charge in [-0.2, -0.15) is 0 Å². The summed E-state index contributed by atoms with van der Waals surface area (Å²) in [5, 5.41) is 14.9. The molecule has 1 aliphatic rings. The summed E-state index contributed by atoms with van der Waals surface area (Å²) >= 11 is 0. The summed E-state index contributed by atoms with van der Waals surface area (Å²) in [5.74, 6) is 0.402. The van der Waals surface area contributed by atoms with Crippen LogP contribution in [-0.2, 0) is 14.4 Å². The van der Waals surface area contributed by atoms with Gasteiger partial charge in [-0.3, -0.25) is 0 Å². The highest BCUT2D eigenvalue weighted by molar-refractivity contribution is 6.05. The van der Waals surface area contributed by atoms with Gasteiger partial charge in [-0.05, 0) is 23.8 Å². The molecule has 0 unspecified atom stereocenters. The number of carbonyl (C=O) groups is 1. The maximum absolute atomic E-state index is 12.5. The number of aliphatic hydroxyl groups excluding tert-OH is 1. The first kappa shape index (κ1) is 18.7. The molecule has 0 aliphatic carbocycles. The Morgan fingerprint density at radius 1 is 1.11 bits per heavy atom. The molecular formula is C20H21NO6. The minimum Gasteiger partial charge on any atom is -0.493 e.